The van der Waals surface area contributed by atoms with Crippen molar-refractivity contribution in [3.05, 3.63) is 59.8 Å². The van der Waals surface area contributed by atoms with E-state index in [0.717, 1.165) is 56.0 Å². The summed E-state index contributed by atoms with van der Waals surface area (Å²) in [5, 5.41) is 8.50. The van der Waals surface area contributed by atoms with Crippen molar-refractivity contribution in [3.63, 3.8) is 0 Å². The molecule has 1 saturated heterocycles. The molecule has 5 rings (SSSR count). The van der Waals surface area contributed by atoms with E-state index in [9.17, 15) is 4.39 Å². The number of piperazine rings is 1. The highest BCUT2D eigenvalue weighted by molar-refractivity contribution is 5.89. The van der Waals surface area contributed by atoms with E-state index < -0.39 is 0 Å². The van der Waals surface area contributed by atoms with Crippen LogP contribution in [0.5, 0.6) is 0 Å². The number of aryl methyl sites for hydroxylation is 3. The SMILES string of the molecule is Cc1ccc(C)n1CCN1CCN(c2nc(Nc3ccc(F)cc3)c3cnn(C)c3n2)CC1. The first-order valence-electron chi connectivity index (χ1n) is 11.3. The molecule has 1 N–H and O–H groups in total. The second kappa shape index (κ2) is 8.82. The van der Waals surface area contributed by atoms with Crippen molar-refractivity contribution >= 4 is 28.5 Å². The molecule has 0 bridgehead atoms. The number of halogens is 1. The van der Waals surface area contributed by atoms with Gasteiger partial charge in [0.1, 0.15) is 11.6 Å². The fourth-order valence-corrected chi connectivity index (χ4v) is 4.38. The van der Waals surface area contributed by atoms with Crippen LogP contribution in [0.3, 0.4) is 0 Å². The Kier molecular flexibility index (Phi) is 5.72. The van der Waals surface area contributed by atoms with Gasteiger partial charge >= 0.3 is 0 Å². The van der Waals surface area contributed by atoms with Crippen LogP contribution in [0.4, 0.5) is 21.8 Å². The molecule has 1 aliphatic rings. The third-order valence-electron chi connectivity index (χ3n) is 6.40. The van der Waals surface area contributed by atoms with Crippen molar-refractivity contribution in [1.82, 2.24) is 29.2 Å². The molecule has 172 valence electrons. The third kappa shape index (κ3) is 4.41. The van der Waals surface area contributed by atoms with E-state index in [4.69, 9.17) is 9.97 Å². The van der Waals surface area contributed by atoms with Crippen molar-refractivity contribution in [2.45, 2.75) is 20.4 Å². The largest absolute Gasteiger partial charge is 0.348 e. The van der Waals surface area contributed by atoms with Gasteiger partial charge in [-0.25, -0.2) is 4.39 Å². The van der Waals surface area contributed by atoms with Crippen molar-refractivity contribution in [3.8, 4) is 0 Å². The first-order valence-corrected chi connectivity index (χ1v) is 11.3. The predicted octanol–water partition coefficient (Wildman–Crippen LogP) is 3.49. The van der Waals surface area contributed by atoms with Crippen LogP contribution in [0, 0.1) is 19.7 Å². The first kappa shape index (κ1) is 21.4. The molecule has 9 heteroatoms. The fraction of sp³-hybridized carbons (Fsp3) is 0.375. The monoisotopic (exact) mass is 448 g/mol. The van der Waals surface area contributed by atoms with Crippen LogP contribution in [0.25, 0.3) is 11.0 Å². The maximum Gasteiger partial charge on any atom is 0.229 e. The minimum absolute atomic E-state index is 0.268. The lowest BCUT2D eigenvalue weighted by Crippen LogP contribution is -2.47. The second-order valence-corrected chi connectivity index (χ2v) is 8.61. The van der Waals surface area contributed by atoms with Crippen LogP contribution in [-0.2, 0) is 13.6 Å². The van der Waals surface area contributed by atoms with Gasteiger partial charge in [-0.3, -0.25) is 9.58 Å². The first-order chi connectivity index (χ1) is 16.0. The van der Waals surface area contributed by atoms with Gasteiger partial charge in [-0.1, -0.05) is 0 Å². The van der Waals surface area contributed by atoms with E-state index >= 15 is 0 Å². The average Bonchev–Trinajstić information content (AvgIpc) is 3.36. The lowest BCUT2D eigenvalue weighted by Gasteiger charge is -2.35. The molecule has 1 aromatic carbocycles. The number of aromatic nitrogens is 5. The molecule has 33 heavy (non-hydrogen) atoms. The van der Waals surface area contributed by atoms with Gasteiger partial charge in [0.15, 0.2) is 5.65 Å². The van der Waals surface area contributed by atoms with Crippen molar-refractivity contribution in [2.75, 3.05) is 42.9 Å². The van der Waals surface area contributed by atoms with Crippen LogP contribution in [0.2, 0.25) is 0 Å². The zero-order valence-corrected chi connectivity index (χ0v) is 19.3. The Labute approximate surface area is 192 Å². The van der Waals surface area contributed by atoms with Crippen molar-refractivity contribution in [2.24, 2.45) is 7.05 Å². The molecule has 0 spiro atoms. The van der Waals surface area contributed by atoms with Crippen LogP contribution in [-0.4, -0.2) is 61.9 Å². The van der Waals surface area contributed by atoms with E-state index in [1.165, 1.54) is 23.5 Å². The molecule has 4 aromatic rings. The minimum atomic E-state index is -0.268. The third-order valence-corrected chi connectivity index (χ3v) is 6.40. The molecule has 0 atom stereocenters. The normalized spacial score (nSPS) is 14.8. The summed E-state index contributed by atoms with van der Waals surface area (Å²) in [7, 11) is 1.88. The number of benzene rings is 1. The zero-order valence-electron chi connectivity index (χ0n) is 19.3. The number of anilines is 3. The van der Waals surface area contributed by atoms with Gasteiger partial charge in [0.05, 0.1) is 11.6 Å². The van der Waals surface area contributed by atoms with E-state index in [1.807, 2.05) is 7.05 Å². The van der Waals surface area contributed by atoms with Gasteiger partial charge < -0.3 is 14.8 Å². The maximum atomic E-state index is 13.3. The van der Waals surface area contributed by atoms with Gasteiger partial charge in [-0.05, 0) is 50.2 Å². The van der Waals surface area contributed by atoms with Crippen LogP contribution in [0.15, 0.2) is 42.6 Å². The Morgan fingerprint density at radius 1 is 0.909 bits per heavy atom. The van der Waals surface area contributed by atoms with E-state index in [-0.39, 0.29) is 5.82 Å². The standard InChI is InChI=1S/C24H29FN8/c1-17-4-5-18(2)33(17)15-12-31-10-13-32(14-11-31)24-28-22(21-16-26-30(3)23(21)29-24)27-20-8-6-19(25)7-9-20/h4-9,16H,10-15H2,1-3H3,(H,27,28,29). The van der Waals surface area contributed by atoms with Gasteiger partial charge in [0, 0.05) is 63.4 Å². The molecule has 0 unspecified atom stereocenters. The molecule has 0 aliphatic carbocycles. The van der Waals surface area contributed by atoms with E-state index in [1.54, 1.807) is 23.0 Å². The average molecular weight is 449 g/mol. The molecule has 1 fully saturated rings. The van der Waals surface area contributed by atoms with E-state index in [2.05, 4.69) is 50.8 Å². The van der Waals surface area contributed by atoms with Gasteiger partial charge in [0.25, 0.3) is 0 Å². The Bertz CT molecular complexity index is 1230. The summed E-state index contributed by atoms with van der Waals surface area (Å²) in [6.07, 6.45) is 1.76. The molecule has 3 aromatic heterocycles. The van der Waals surface area contributed by atoms with Gasteiger partial charge in [-0.2, -0.15) is 15.1 Å². The quantitative estimate of drug-likeness (QED) is 0.487. The smallest absolute Gasteiger partial charge is 0.229 e. The van der Waals surface area contributed by atoms with Crippen molar-refractivity contribution in [1.29, 1.82) is 0 Å². The summed E-state index contributed by atoms with van der Waals surface area (Å²) >= 11 is 0. The predicted molar refractivity (Wildman–Crippen MR) is 129 cm³/mol. The number of rotatable bonds is 6. The zero-order chi connectivity index (χ0) is 22.9. The highest BCUT2D eigenvalue weighted by Crippen LogP contribution is 2.26. The summed E-state index contributed by atoms with van der Waals surface area (Å²) < 4.78 is 17.4. The molecular formula is C24H29FN8. The maximum absolute atomic E-state index is 13.3. The summed E-state index contributed by atoms with van der Waals surface area (Å²) in [6.45, 7) is 10.0. The van der Waals surface area contributed by atoms with Crippen molar-refractivity contribution < 1.29 is 4.39 Å². The molecule has 1 aliphatic heterocycles. The molecular weight excluding hydrogens is 419 g/mol. The number of fused-ring (bicyclic) bond motifs is 1. The topological polar surface area (TPSA) is 67.0 Å². The van der Waals surface area contributed by atoms with Gasteiger partial charge in [-0.15, -0.1) is 0 Å². The number of nitrogens with zero attached hydrogens (tertiary/aromatic N) is 7. The highest BCUT2D eigenvalue weighted by Gasteiger charge is 2.21. The Balaban J connectivity index is 1.30. The fourth-order valence-electron chi connectivity index (χ4n) is 4.38. The lowest BCUT2D eigenvalue weighted by atomic mass is 10.3. The molecule has 4 heterocycles. The summed E-state index contributed by atoms with van der Waals surface area (Å²) in [4.78, 5) is 14.3. The Hall–Kier alpha value is -3.46. The number of nitrogens with one attached hydrogen (secondary N) is 1. The molecule has 8 nitrogen and oxygen atoms in total. The Morgan fingerprint density at radius 2 is 1.61 bits per heavy atom. The summed E-state index contributed by atoms with van der Waals surface area (Å²) in [5.41, 5.74) is 4.16. The number of hydrogen-bond acceptors (Lipinski definition) is 6. The molecule has 0 saturated carbocycles. The van der Waals surface area contributed by atoms with Crippen LogP contribution < -0.4 is 10.2 Å². The van der Waals surface area contributed by atoms with E-state index in [0.29, 0.717) is 11.8 Å². The summed E-state index contributed by atoms with van der Waals surface area (Å²) in [5.74, 6) is 1.10. The molecule has 0 amide bonds. The number of hydrogen-bond donors (Lipinski definition) is 1. The van der Waals surface area contributed by atoms with Crippen LogP contribution in [0.1, 0.15) is 11.4 Å². The Morgan fingerprint density at radius 3 is 2.30 bits per heavy atom. The molecule has 0 radical (unpaired) electrons. The minimum Gasteiger partial charge on any atom is -0.348 e. The lowest BCUT2D eigenvalue weighted by molar-refractivity contribution is 0.246. The summed E-state index contributed by atoms with van der Waals surface area (Å²) in [6, 6.07) is 10.6. The highest BCUT2D eigenvalue weighted by atomic mass is 19.1. The van der Waals surface area contributed by atoms with Crippen LogP contribution >= 0.6 is 0 Å². The second-order valence-electron chi connectivity index (χ2n) is 8.61. The van der Waals surface area contributed by atoms with Gasteiger partial charge in [0.2, 0.25) is 5.95 Å².